The maximum Gasteiger partial charge on any atom is 0.172 e. The number of hydrogen-bond acceptors (Lipinski definition) is 2. The fraction of sp³-hybridized carbons (Fsp3) is 0. The van der Waals surface area contributed by atoms with Crippen LogP contribution < -0.4 is 0 Å². The fourth-order valence-electron chi connectivity index (χ4n) is 1.71. The van der Waals surface area contributed by atoms with Crippen LogP contribution in [-0.4, -0.2) is 14.8 Å². The van der Waals surface area contributed by atoms with E-state index in [1.807, 2.05) is 0 Å². The molecule has 84 valence electrons. The molecule has 17 heavy (non-hydrogen) atoms. The molecule has 2 heterocycles. The number of para-hydroxylation sites is 1. The quantitative estimate of drug-likeness (QED) is 0.644. The summed E-state index contributed by atoms with van der Waals surface area (Å²) in [6, 6.07) is 7.52. The molecule has 0 radical (unpaired) electrons. The second kappa shape index (κ2) is 3.62. The minimum Gasteiger partial charge on any atom is -0.264 e. The number of imidazole rings is 1. The fourth-order valence-corrected chi connectivity index (χ4v) is 1.71. The van der Waals surface area contributed by atoms with Gasteiger partial charge in [0.25, 0.3) is 0 Å². The van der Waals surface area contributed by atoms with Crippen LogP contribution in [0.3, 0.4) is 0 Å². The molecule has 0 bridgehead atoms. The van der Waals surface area contributed by atoms with Crippen molar-refractivity contribution in [1.29, 1.82) is 0 Å². The molecule has 5 heteroatoms. The molecule has 0 spiro atoms. The van der Waals surface area contributed by atoms with Crippen molar-refractivity contribution < 1.29 is 8.87 Å². The van der Waals surface area contributed by atoms with Gasteiger partial charge in [0.1, 0.15) is 11.0 Å². The van der Waals surface area contributed by atoms with E-state index in [-0.39, 0.29) is 16.9 Å². The second-order valence-corrected chi connectivity index (χ2v) is 3.57. The second-order valence-electron chi connectivity index (χ2n) is 3.57. The van der Waals surface area contributed by atoms with Gasteiger partial charge in [-0.05, 0) is 24.3 Å². The monoisotopic (exact) mass is 231 g/mol. The average molecular weight is 231 g/mol. The summed E-state index contributed by atoms with van der Waals surface area (Å²) in [6.45, 7) is 0. The standard InChI is InChI=1S/C12H7F2N3/c13-9-4-1-5-10-11(9)16-12(17(10)14)8-3-2-6-15-7-8/h1-7H. The van der Waals surface area contributed by atoms with Gasteiger partial charge in [-0.1, -0.05) is 10.5 Å². The highest BCUT2D eigenvalue weighted by molar-refractivity contribution is 5.80. The van der Waals surface area contributed by atoms with E-state index >= 15 is 0 Å². The van der Waals surface area contributed by atoms with Gasteiger partial charge in [-0.2, -0.15) is 4.79 Å². The number of halogens is 2. The molecule has 3 rings (SSSR count). The lowest BCUT2D eigenvalue weighted by Gasteiger charge is -1.96. The third-order valence-electron chi connectivity index (χ3n) is 2.50. The molecular weight excluding hydrogens is 224 g/mol. The Hall–Kier alpha value is -2.30. The molecule has 0 unspecified atom stereocenters. The Bertz CT molecular complexity index is 677. The molecule has 0 saturated carbocycles. The first-order chi connectivity index (χ1) is 8.27. The van der Waals surface area contributed by atoms with Gasteiger partial charge < -0.3 is 0 Å². The van der Waals surface area contributed by atoms with Crippen molar-refractivity contribution in [2.24, 2.45) is 0 Å². The molecule has 0 aliphatic carbocycles. The van der Waals surface area contributed by atoms with Crippen molar-refractivity contribution in [3.8, 4) is 11.4 Å². The molecule has 0 aliphatic heterocycles. The maximum atomic E-state index is 14.0. The first kappa shape index (κ1) is 9.89. The number of rotatable bonds is 1. The molecule has 0 aliphatic rings. The Morgan fingerprint density at radius 2 is 2.00 bits per heavy atom. The summed E-state index contributed by atoms with van der Waals surface area (Å²) in [5.41, 5.74) is 0.642. The zero-order valence-electron chi connectivity index (χ0n) is 8.64. The summed E-state index contributed by atoms with van der Waals surface area (Å²) < 4.78 is 27.4. The van der Waals surface area contributed by atoms with Crippen LogP contribution in [0.25, 0.3) is 22.4 Å². The highest BCUT2D eigenvalue weighted by Gasteiger charge is 2.14. The summed E-state index contributed by atoms with van der Waals surface area (Å²) in [5.74, 6) is -0.484. The Morgan fingerprint density at radius 3 is 2.71 bits per heavy atom. The minimum absolute atomic E-state index is 0.0221. The molecule has 0 N–H and O–H groups in total. The molecular formula is C12H7F2N3. The number of nitrogens with zero attached hydrogens (tertiary/aromatic N) is 3. The van der Waals surface area contributed by atoms with E-state index in [0.717, 1.165) is 0 Å². The van der Waals surface area contributed by atoms with Crippen LogP contribution >= 0.6 is 0 Å². The summed E-state index contributed by atoms with van der Waals surface area (Å²) >= 11 is 0. The number of pyridine rings is 1. The van der Waals surface area contributed by atoms with E-state index in [2.05, 4.69) is 9.97 Å². The lowest BCUT2D eigenvalue weighted by Crippen LogP contribution is -1.88. The zero-order chi connectivity index (χ0) is 11.8. The first-order valence-corrected chi connectivity index (χ1v) is 5.01. The van der Waals surface area contributed by atoms with E-state index in [1.165, 1.54) is 24.4 Å². The van der Waals surface area contributed by atoms with Crippen LogP contribution in [0.5, 0.6) is 0 Å². The van der Waals surface area contributed by atoms with Crippen LogP contribution in [0, 0.1) is 5.82 Å². The van der Waals surface area contributed by atoms with Gasteiger partial charge >= 0.3 is 0 Å². The smallest absolute Gasteiger partial charge is 0.172 e. The largest absolute Gasteiger partial charge is 0.264 e. The van der Waals surface area contributed by atoms with Gasteiger partial charge in [0.2, 0.25) is 0 Å². The Balaban J connectivity index is 2.32. The van der Waals surface area contributed by atoms with E-state index in [4.69, 9.17) is 0 Å². The molecule has 3 nitrogen and oxygen atoms in total. The number of aromatic nitrogens is 3. The Morgan fingerprint density at radius 1 is 1.12 bits per heavy atom. The summed E-state index contributed by atoms with van der Waals surface area (Å²) in [6.07, 6.45) is 3.06. The summed E-state index contributed by atoms with van der Waals surface area (Å²) in [4.78, 5) is 8.21. The predicted molar refractivity (Wildman–Crippen MR) is 59.4 cm³/mol. The third-order valence-corrected chi connectivity index (χ3v) is 2.50. The van der Waals surface area contributed by atoms with Crippen LogP contribution in [0.2, 0.25) is 0 Å². The molecule has 2 aromatic heterocycles. The summed E-state index contributed by atoms with van der Waals surface area (Å²) in [5, 5.41) is 0. The van der Waals surface area contributed by atoms with E-state index in [0.29, 0.717) is 10.4 Å². The van der Waals surface area contributed by atoms with Crippen molar-refractivity contribution in [3.05, 3.63) is 48.5 Å². The molecule has 0 amide bonds. The predicted octanol–water partition coefficient (Wildman–Crippen LogP) is 2.97. The van der Waals surface area contributed by atoms with Gasteiger partial charge in [-0.3, -0.25) is 4.98 Å². The van der Waals surface area contributed by atoms with E-state index in [9.17, 15) is 8.87 Å². The zero-order valence-corrected chi connectivity index (χ0v) is 8.64. The van der Waals surface area contributed by atoms with Crippen LogP contribution in [0.4, 0.5) is 8.87 Å². The van der Waals surface area contributed by atoms with Crippen LogP contribution in [-0.2, 0) is 0 Å². The van der Waals surface area contributed by atoms with E-state index < -0.39 is 5.82 Å². The topological polar surface area (TPSA) is 30.7 Å². The molecule has 3 aromatic rings. The summed E-state index contributed by atoms with van der Waals surface area (Å²) in [7, 11) is 0. The number of benzene rings is 1. The average Bonchev–Trinajstić information content (AvgIpc) is 2.70. The first-order valence-electron chi connectivity index (χ1n) is 5.01. The maximum absolute atomic E-state index is 14.0. The molecule has 0 saturated heterocycles. The van der Waals surface area contributed by atoms with Gasteiger partial charge in [-0.25, -0.2) is 9.37 Å². The highest BCUT2D eigenvalue weighted by atomic mass is 19.2. The van der Waals surface area contributed by atoms with Crippen molar-refractivity contribution in [2.75, 3.05) is 0 Å². The van der Waals surface area contributed by atoms with Gasteiger partial charge in [0.15, 0.2) is 11.6 Å². The van der Waals surface area contributed by atoms with Gasteiger partial charge in [0.05, 0.1) is 0 Å². The molecule has 1 aromatic carbocycles. The number of fused-ring (bicyclic) bond motifs is 1. The Labute approximate surface area is 95.3 Å². The van der Waals surface area contributed by atoms with Gasteiger partial charge in [0, 0.05) is 18.0 Å². The minimum atomic E-state index is -0.538. The van der Waals surface area contributed by atoms with Crippen LogP contribution in [0.15, 0.2) is 42.7 Å². The lowest BCUT2D eigenvalue weighted by atomic mass is 10.3. The Kier molecular flexibility index (Phi) is 2.11. The van der Waals surface area contributed by atoms with Crippen molar-refractivity contribution in [2.45, 2.75) is 0 Å². The number of hydrogen-bond donors (Lipinski definition) is 0. The van der Waals surface area contributed by atoms with Crippen molar-refractivity contribution in [3.63, 3.8) is 0 Å². The highest BCUT2D eigenvalue weighted by Crippen LogP contribution is 2.25. The molecule has 0 atom stereocenters. The third kappa shape index (κ3) is 1.47. The van der Waals surface area contributed by atoms with Crippen molar-refractivity contribution >= 4 is 11.0 Å². The lowest BCUT2D eigenvalue weighted by molar-refractivity contribution is 0.391. The normalized spacial score (nSPS) is 10.9. The van der Waals surface area contributed by atoms with Crippen LogP contribution in [0.1, 0.15) is 0 Å². The molecule has 0 fully saturated rings. The van der Waals surface area contributed by atoms with Crippen molar-refractivity contribution in [1.82, 2.24) is 14.8 Å². The van der Waals surface area contributed by atoms with Gasteiger partial charge in [-0.15, -0.1) is 0 Å². The SMILES string of the molecule is Fc1cccc2c1nc(-c1cccnc1)n2F. The van der Waals surface area contributed by atoms with E-state index in [1.54, 1.807) is 18.3 Å².